The van der Waals surface area contributed by atoms with Gasteiger partial charge in [-0.15, -0.1) is 21.8 Å². The molecule has 0 aliphatic heterocycles. The Morgan fingerprint density at radius 3 is 2.72 bits per heavy atom. The lowest BCUT2D eigenvalue weighted by Crippen LogP contribution is -1.90. The van der Waals surface area contributed by atoms with Gasteiger partial charge in [-0.3, -0.25) is 0 Å². The van der Waals surface area contributed by atoms with Crippen molar-refractivity contribution in [2.24, 2.45) is 0 Å². The van der Waals surface area contributed by atoms with Crippen molar-refractivity contribution in [3.63, 3.8) is 0 Å². The molecular weight excluding hydrogens is 272 g/mol. The van der Waals surface area contributed by atoms with E-state index in [2.05, 4.69) is 10.2 Å². The van der Waals surface area contributed by atoms with Gasteiger partial charge < -0.3 is 9.47 Å². The smallest absolute Gasteiger partial charge is 0.151 e. The molecule has 0 amide bonds. The second-order valence-electron chi connectivity index (χ2n) is 3.51. The highest BCUT2D eigenvalue weighted by Gasteiger charge is 2.12. The van der Waals surface area contributed by atoms with Crippen LogP contribution in [0.4, 0.5) is 0 Å². The lowest BCUT2D eigenvalue weighted by atomic mass is 10.2. The number of hydrogen-bond acceptors (Lipinski definition) is 5. The Labute approximate surface area is 115 Å². The van der Waals surface area contributed by atoms with Gasteiger partial charge in [-0.2, -0.15) is 0 Å². The molecule has 0 bridgehead atoms. The number of rotatable bonds is 5. The van der Waals surface area contributed by atoms with Crippen LogP contribution in [-0.4, -0.2) is 30.3 Å². The van der Waals surface area contributed by atoms with Crippen LogP contribution in [0.3, 0.4) is 0 Å². The zero-order chi connectivity index (χ0) is 13.0. The summed E-state index contributed by atoms with van der Waals surface area (Å²) >= 11 is 7.21. The van der Waals surface area contributed by atoms with Gasteiger partial charge in [0.15, 0.2) is 5.01 Å². The number of halogens is 1. The van der Waals surface area contributed by atoms with E-state index in [1.807, 2.05) is 18.2 Å². The standard InChI is InChI=1S/C12H13ClN2O2S/c1-16-8-3-4-9(10(7-8)17-2)12-15-14-11(18-12)5-6-13/h3-4,7H,5-6H2,1-2H3. The first-order valence-corrected chi connectivity index (χ1v) is 6.74. The molecule has 0 unspecified atom stereocenters. The Kier molecular flexibility index (Phi) is 4.38. The van der Waals surface area contributed by atoms with Crippen LogP contribution in [-0.2, 0) is 6.42 Å². The molecule has 0 radical (unpaired) electrons. The summed E-state index contributed by atoms with van der Waals surface area (Å²) < 4.78 is 10.5. The van der Waals surface area contributed by atoms with Gasteiger partial charge in [0.25, 0.3) is 0 Å². The average molecular weight is 285 g/mol. The van der Waals surface area contributed by atoms with Crippen molar-refractivity contribution in [2.45, 2.75) is 6.42 Å². The first-order chi connectivity index (χ1) is 8.78. The molecule has 0 aliphatic rings. The molecule has 0 aliphatic carbocycles. The first kappa shape index (κ1) is 13.1. The summed E-state index contributed by atoms with van der Waals surface area (Å²) in [6.07, 6.45) is 0.734. The van der Waals surface area contributed by atoms with Gasteiger partial charge in [0.1, 0.15) is 16.5 Å². The Bertz CT molecular complexity index is 531. The van der Waals surface area contributed by atoms with Gasteiger partial charge in [-0.25, -0.2) is 0 Å². The monoisotopic (exact) mass is 284 g/mol. The summed E-state index contributed by atoms with van der Waals surface area (Å²) in [5.74, 6) is 2.03. The van der Waals surface area contributed by atoms with Crippen LogP contribution in [0.15, 0.2) is 18.2 Å². The molecule has 1 aromatic carbocycles. The summed E-state index contributed by atoms with van der Waals surface area (Å²) in [7, 11) is 3.25. The zero-order valence-corrected chi connectivity index (χ0v) is 11.7. The van der Waals surface area contributed by atoms with Crippen molar-refractivity contribution in [1.29, 1.82) is 0 Å². The highest BCUT2D eigenvalue weighted by atomic mass is 35.5. The summed E-state index contributed by atoms with van der Waals surface area (Å²) in [5, 5.41) is 10.0. The molecule has 0 saturated heterocycles. The maximum Gasteiger partial charge on any atom is 0.151 e. The van der Waals surface area contributed by atoms with E-state index >= 15 is 0 Å². The van der Waals surface area contributed by atoms with Gasteiger partial charge in [-0.1, -0.05) is 11.3 Å². The molecule has 0 spiro atoms. The van der Waals surface area contributed by atoms with E-state index in [0.717, 1.165) is 33.5 Å². The lowest BCUT2D eigenvalue weighted by molar-refractivity contribution is 0.395. The fourth-order valence-corrected chi connectivity index (χ4v) is 2.68. The third-order valence-corrected chi connectivity index (χ3v) is 3.62. The second kappa shape index (κ2) is 6.02. The predicted molar refractivity (Wildman–Crippen MR) is 72.9 cm³/mol. The van der Waals surface area contributed by atoms with Crippen molar-refractivity contribution < 1.29 is 9.47 Å². The maximum absolute atomic E-state index is 5.69. The third-order valence-electron chi connectivity index (χ3n) is 2.41. The van der Waals surface area contributed by atoms with Crippen molar-refractivity contribution in [1.82, 2.24) is 10.2 Å². The first-order valence-electron chi connectivity index (χ1n) is 5.39. The Morgan fingerprint density at radius 2 is 2.06 bits per heavy atom. The molecule has 0 N–H and O–H groups in total. The van der Waals surface area contributed by atoms with E-state index in [4.69, 9.17) is 21.1 Å². The highest BCUT2D eigenvalue weighted by molar-refractivity contribution is 7.14. The van der Waals surface area contributed by atoms with E-state index in [-0.39, 0.29) is 0 Å². The van der Waals surface area contributed by atoms with Crippen LogP contribution in [0.2, 0.25) is 0 Å². The fourth-order valence-electron chi connectivity index (χ4n) is 1.52. The molecule has 18 heavy (non-hydrogen) atoms. The molecule has 1 heterocycles. The van der Waals surface area contributed by atoms with E-state index in [0.29, 0.717) is 5.88 Å². The Balaban J connectivity index is 2.36. The third kappa shape index (κ3) is 2.73. The van der Waals surface area contributed by atoms with E-state index in [1.165, 1.54) is 11.3 Å². The number of aryl methyl sites for hydroxylation is 1. The van der Waals surface area contributed by atoms with Gasteiger partial charge in [-0.05, 0) is 12.1 Å². The molecule has 1 aromatic heterocycles. The Morgan fingerprint density at radius 1 is 1.22 bits per heavy atom. The number of benzene rings is 1. The normalized spacial score (nSPS) is 10.4. The predicted octanol–water partition coefficient (Wildman–Crippen LogP) is 3.00. The average Bonchev–Trinajstić information content (AvgIpc) is 2.87. The van der Waals surface area contributed by atoms with Crippen molar-refractivity contribution in [3.8, 4) is 22.1 Å². The van der Waals surface area contributed by atoms with Crippen molar-refractivity contribution in [2.75, 3.05) is 20.1 Å². The molecular formula is C12H13ClN2O2S. The minimum atomic E-state index is 0.550. The van der Waals surface area contributed by atoms with E-state index in [9.17, 15) is 0 Å². The number of ether oxygens (including phenoxy) is 2. The van der Waals surface area contributed by atoms with Gasteiger partial charge >= 0.3 is 0 Å². The number of methoxy groups -OCH3 is 2. The fraction of sp³-hybridized carbons (Fsp3) is 0.333. The molecule has 0 saturated carbocycles. The van der Waals surface area contributed by atoms with Crippen LogP contribution < -0.4 is 9.47 Å². The molecule has 2 rings (SSSR count). The Hall–Kier alpha value is -1.33. The van der Waals surface area contributed by atoms with Gasteiger partial charge in [0, 0.05) is 18.4 Å². The van der Waals surface area contributed by atoms with Crippen LogP contribution >= 0.6 is 22.9 Å². The van der Waals surface area contributed by atoms with Crippen molar-refractivity contribution in [3.05, 3.63) is 23.2 Å². The lowest BCUT2D eigenvalue weighted by Gasteiger charge is -2.07. The van der Waals surface area contributed by atoms with Crippen LogP contribution in [0.25, 0.3) is 10.6 Å². The SMILES string of the molecule is COc1ccc(-c2nnc(CCCl)s2)c(OC)c1. The van der Waals surface area contributed by atoms with E-state index < -0.39 is 0 Å². The van der Waals surface area contributed by atoms with Crippen LogP contribution in [0.5, 0.6) is 11.5 Å². The summed E-state index contributed by atoms with van der Waals surface area (Å²) in [4.78, 5) is 0. The molecule has 6 heteroatoms. The molecule has 0 fully saturated rings. The van der Waals surface area contributed by atoms with Crippen LogP contribution in [0, 0.1) is 0 Å². The van der Waals surface area contributed by atoms with Crippen LogP contribution in [0.1, 0.15) is 5.01 Å². The largest absolute Gasteiger partial charge is 0.497 e. The minimum absolute atomic E-state index is 0.550. The maximum atomic E-state index is 5.69. The summed E-state index contributed by atoms with van der Waals surface area (Å²) in [6.45, 7) is 0. The zero-order valence-electron chi connectivity index (χ0n) is 10.1. The molecule has 2 aromatic rings. The highest BCUT2D eigenvalue weighted by Crippen LogP contribution is 2.34. The molecule has 4 nitrogen and oxygen atoms in total. The quantitative estimate of drug-likeness (QED) is 0.792. The summed E-state index contributed by atoms with van der Waals surface area (Å²) in [6, 6.07) is 5.63. The van der Waals surface area contributed by atoms with Gasteiger partial charge in [0.2, 0.25) is 0 Å². The number of nitrogens with zero attached hydrogens (tertiary/aromatic N) is 2. The van der Waals surface area contributed by atoms with Gasteiger partial charge in [0.05, 0.1) is 19.8 Å². The number of aromatic nitrogens is 2. The molecule has 0 atom stereocenters. The summed E-state index contributed by atoms with van der Waals surface area (Å²) in [5.41, 5.74) is 0.914. The minimum Gasteiger partial charge on any atom is -0.497 e. The topological polar surface area (TPSA) is 44.2 Å². The van der Waals surface area contributed by atoms with E-state index in [1.54, 1.807) is 14.2 Å². The second-order valence-corrected chi connectivity index (χ2v) is 4.95. The van der Waals surface area contributed by atoms with Crippen molar-refractivity contribution >= 4 is 22.9 Å². The number of hydrogen-bond donors (Lipinski definition) is 0. The number of alkyl halides is 1. The molecule has 96 valence electrons.